The number of hydrogen-bond donors (Lipinski definition) is 3. The van der Waals surface area contributed by atoms with E-state index >= 15 is 0 Å². The monoisotopic (exact) mass is 259 g/mol. The molecule has 1 aliphatic rings. The van der Waals surface area contributed by atoms with Crippen LogP contribution in [0.15, 0.2) is 17.1 Å². The number of ether oxygens (including phenoxy) is 1. The zero-order valence-electron chi connectivity index (χ0n) is 8.94. The van der Waals surface area contributed by atoms with Crippen molar-refractivity contribution in [3.8, 4) is 0 Å². The molecular formula is C9H13N3O4S. The Hall–Kier alpha value is -1.09. The van der Waals surface area contributed by atoms with Crippen LogP contribution >= 0.6 is 11.8 Å². The average molecular weight is 259 g/mol. The minimum Gasteiger partial charge on any atom is -0.392 e. The van der Waals surface area contributed by atoms with Crippen LogP contribution in [0.1, 0.15) is 6.23 Å². The molecular weight excluding hydrogens is 246 g/mol. The summed E-state index contributed by atoms with van der Waals surface area (Å²) in [5, 5.41) is 18.3. The summed E-state index contributed by atoms with van der Waals surface area (Å²) in [7, 11) is 0. The maximum atomic E-state index is 11.6. The van der Waals surface area contributed by atoms with Gasteiger partial charge in [0.2, 0.25) is 0 Å². The summed E-state index contributed by atoms with van der Waals surface area (Å²) in [6.45, 7) is -0.635. The summed E-state index contributed by atoms with van der Waals surface area (Å²) in [4.78, 5) is 14.1. The lowest BCUT2D eigenvalue weighted by atomic mass is 10.4. The van der Waals surface area contributed by atoms with Gasteiger partial charge < -0.3 is 20.7 Å². The fourth-order valence-electron chi connectivity index (χ4n) is 1.54. The van der Waals surface area contributed by atoms with Gasteiger partial charge >= 0.3 is 5.69 Å². The summed E-state index contributed by atoms with van der Waals surface area (Å²) in [5.41, 5.74) is 4.87. The van der Waals surface area contributed by atoms with E-state index in [1.807, 2.05) is 0 Å². The second kappa shape index (κ2) is 4.65. The maximum absolute atomic E-state index is 11.6. The molecule has 0 radical (unpaired) electrons. The molecule has 1 aromatic rings. The number of thioether (sulfide) groups is 1. The van der Waals surface area contributed by atoms with Crippen LogP contribution in [-0.2, 0) is 4.74 Å². The largest absolute Gasteiger partial charge is 0.392 e. The molecule has 17 heavy (non-hydrogen) atoms. The van der Waals surface area contributed by atoms with Crippen LogP contribution < -0.4 is 11.4 Å². The van der Waals surface area contributed by atoms with Gasteiger partial charge in [-0.2, -0.15) is 4.98 Å². The number of aliphatic hydroxyl groups excluding tert-OH is 2. The first-order valence-electron chi connectivity index (χ1n) is 4.98. The fourth-order valence-corrected chi connectivity index (χ4v) is 2.57. The highest BCUT2D eigenvalue weighted by Gasteiger charge is 2.41. The van der Waals surface area contributed by atoms with Crippen molar-refractivity contribution >= 4 is 17.6 Å². The number of hydrogen-bond acceptors (Lipinski definition) is 7. The lowest BCUT2D eigenvalue weighted by Crippen LogP contribution is -2.36. The van der Waals surface area contributed by atoms with Gasteiger partial charge in [-0.15, -0.1) is 11.8 Å². The number of anilines is 1. The SMILES string of the molecule is Nc1ccn([C@H]2CSC(CO)(CO)O2)c(=O)n1. The third-order valence-corrected chi connectivity index (χ3v) is 3.82. The molecule has 4 N–H and O–H groups in total. The van der Waals surface area contributed by atoms with Crippen molar-refractivity contribution in [1.82, 2.24) is 9.55 Å². The quantitative estimate of drug-likeness (QED) is 0.623. The summed E-state index contributed by atoms with van der Waals surface area (Å²) in [6.07, 6.45) is 0.931. The Morgan fingerprint density at radius 3 is 2.88 bits per heavy atom. The first-order valence-corrected chi connectivity index (χ1v) is 5.97. The van der Waals surface area contributed by atoms with E-state index in [9.17, 15) is 4.79 Å². The van der Waals surface area contributed by atoms with Crippen molar-refractivity contribution in [2.45, 2.75) is 11.2 Å². The Kier molecular flexibility index (Phi) is 3.38. The molecule has 1 aromatic heterocycles. The molecule has 0 spiro atoms. The van der Waals surface area contributed by atoms with Crippen molar-refractivity contribution in [3.05, 3.63) is 22.7 Å². The van der Waals surface area contributed by atoms with E-state index in [1.165, 1.54) is 28.6 Å². The van der Waals surface area contributed by atoms with Crippen LogP contribution in [0, 0.1) is 0 Å². The molecule has 94 valence electrons. The molecule has 2 rings (SSSR count). The molecule has 8 heteroatoms. The summed E-state index contributed by atoms with van der Waals surface area (Å²) < 4.78 is 6.79. The smallest absolute Gasteiger partial charge is 0.351 e. The molecule has 0 amide bonds. The highest BCUT2D eigenvalue weighted by molar-refractivity contribution is 8.00. The van der Waals surface area contributed by atoms with Crippen molar-refractivity contribution < 1.29 is 14.9 Å². The second-order valence-corrected chi connectivity index (χ2v) is 5.02. The van der Waals surface area contributed by atoms with Gasteiger partial charge in [0, 0.05) is 11.9 Å². The summed E-state index contributed by atoms with van der Waals surface area (Å²) in [6, 6.07) is 1.49. The van der Waals surface area contributed by atoms with Crippen molar-refractivity contribution in [2.24, 2.45) is 0 Å². The Morgan fingerprint density at radius 1 is 1.65 bits per heavy atom. The van der Waals surface area contributed by atoms with E-state index in [2.05, 4.69) is 4.98 Å². The highest BCUT2D eigenvalue weighted by atomic mass is 32.2. The Labute approximate surface area is 101 Å². The number of nitrogens with two attached hydrogens (primary N) is 1. The molecule has 0 aromatic carbocycles. The first-order chi connectivity index (χ1) is 8.10. The average Bonchev–Trinajstić information content (AvgIpc) is 2.74. The number of nitrogens with zero attached hydrogens (tertiary/aromatic N) is 2. The van der Waals surface area contributed by atoms with Gasteiger partial charge in [-0.3, -0.25) is 4.57 Å². The van der Waals surface area contributed by atoms with Crippen molar-refractivity contribution in [2.75, 3.05) is 24.7 Å². The van der Waals surface area contributed by atoms with Gasteiger partial charge in [0.1, 0.15) is 12.0 Å². The van der Waals surface area contributed by atoms with Gasteiger partial charge in [-0.1, -0.05) is 0 Å². The molecule has 1 fully saturated rings. The summed E-state index contributed by atoms with van der Waals surface area (Å²) >= 11 is 1.26. The van der Waals surface area contributed by atoms with Crippen LogP contribution in [-0.4, -0.2) is 43.7 Å². The third kappa shape index (κ3) is 2.29. The summed E-state index contributed by atoms with van der Waals surface area (Å²) in [5.74, 6) is 0.597. The Balaban J connectivity index is 2.23. The predicted molar refractivity (Wildman–Crippen MR) is 62.4 cm³/mol. The number of aliphatic hydroxyl groups is 2. The number of rotatable bonds is 3. The van der Waals surface area contributed by atoms with Gasteiger partial charge in [-0.25, -0.2) is 4.79 Å². The minimum absolute atomic E-state index is 0.146. The highest BCUT2D eigenvalue weighted by Crippen LogP contribution is 2.39. The normalized spacial score (nSPS) is 22.8. The van der Waals surface area contributed by atoms with E-state index in [-0.39, 0.29) is 19.0 Å². The van der Waals surface area contributed by atoms with E-state index < -0.39 is 16.9 Å². The molecule has 1 atom stereocenters. The van der Waals surface area contributed by atoms with E-state index in [0.717, 1.165) is 0 Å². The molecule has 2 heterocycles. The molecule has 0 unspecified atom stereocenters. The van der Waals surface area contributed by atoms with Crippen LogP contribution in [0.3, 0.4) is 0 Å². The predicted octanol–water partition coefficient (Wildman–Crippen LogP) is -1.23. The Bertz CT molecular complexity index is 460. The van der Waals surface area contributed by atoms with E-state index in [4.69, 9.17) is 20.7 Å². The van der Waals surface area contributed by atoms with Crippen LogP contribution in [0.2, 0.25) is 0 Å². The molecule has 0 bridgehead atoms. The zero-order chi connectivity index (χ0) is 12.5. The lowest BCUT2D eigenvalue weighted by molar-refractivity contribution is -0.0923. The van der Waals surface area contributed by atoms with E-state index in [1.54, 1.807) is 0 Å². The number of nitrogen functional groups attached to an aromatic ring is 1. The third-order valence-electron chi connectivity index (χ3n) is 2.48. The molecule has 7 nitrogen and oxygen atoms in total. The van der Waals surface area contributed by atoms with Crippen molar-refractivity contribution in [1.29, 1.82) is 0 Å². The minimum atomic E-state index is -1.05. The first kappa shape index (κ1) is 12.4. The standard InChI is InChI=1S/C9H13N3O4S/c10-6-1-2-12(8(15)11-6)7-3-17-9(4-13,5-14)16-7/h1-2,7,13-14H,3-5H2,(H2,10,11,15)/t7-/m1/s1. The van der Waals surface area contributed by atoms with Gasteiger partial charge in [0.15, 0.2) is 4.93 Å². The van der Waals surface area contributed by atoms with Crippen LogP contribution in [0.25, 0.3) is 0 Å². The van der Waals surface area contributed by atoms with Crippen LogP contribution in [0.4, 0.5) is 5.82 Å². The van der Waals surface area contributed by atoms with Crippen molar-refractivity contribution in [3.63, 3.8) is 0 Å². The van der Waals surface area contributed by atoms with E-state index in [0.29, 0.717) is 5.75 Å². The fraction of sp³-hybridized carbons (Fsp3) is 0.556. The molecule has 1 aliphatic heterocycles. The number of aromatic nitrogens is 2. The molecule has 0 aliphatic carbocycles. The lowest BCUT2D eigenvalue weighted by Gasteiger charge is -2.23. The maximum Gasteiger partial charge on any atom is 0.351 e. The Morgan fingerprint density at radius 2 is 2.35 bits per heavy atom. The van der Waals surface area contributed by atoms with Gasteiger partial charge in [0.25, 0.3) is 0 Å². The zero-order valence-corrected chi connectivity index (χ0v) is 9.76. The second-order valence-electron chi connectivity index (χ2n) is 3.65. The molecule has 0 saturated carbocycles. The van der Waals surface area contributed by atoms with Crippen LogP contribution in [0.5, 0.6) is 0 Å². The van der Waals surface area contributed by atoms with Gasteiger partial charge in [-0.05, 0) is 6.07 Å². The van der Waals surface area contributed by atoms with Gasteiger partial charge in [0.05, 0.1) is 13.2 Å². The topological polar surface area (TPSA) is 111 Å². The molecule has 1 saturated heterocycles.